The average molecular weight is 314 g/mol. The van der Waals surface area contributed by atoms with Gasteiger partial charge in [-0.05, 0) is 24.4 Å². The van der Waals surface area contributed by atoms with Crippen LogP contribution in [0.5, 0.6) is 0 Å². The van der Waals surface area contributed by atoms with Crippen molar-refractivity contribution in [3.05, 3.63) is 22.4 Å². The van der Waals surface area contributed by atoms with Crippen LogP contribution in [0.2, 0.25) is 0 Å². The SMILES string of the molecule is O=C(CSCc1cccs1)N1CCCN(CCO)CC1. The van der Waals surface area contributed by atoms with Gasteiger partial charge in [-0.15, -0.1) is 23.1 Å². The fraction of sp³-hybridized carbons (Fsp3) is 0.643. The van der Waals surface area contributed by atoms with Crippen molar-refractivity contribution >= 4 is 29.0 Å². The Hall–Kier alpha value is -0.560. The smallest absolute Gasteiger partial charge is 0.232 e. The second-order valence-electron chi connectivity index (χ2n) is 4.87. The van der Waals surface area contributed by atoms with Gasteiger partial charge in [0.1, 0.15) is 0 Å². The molecule has 0 saturated carbocycles. The van der Waals surface area contributed by atoms with Gasteiger partial charge in [-0.3, -0.25) is 9.69 Å². The number of amides is 1. The van der Waals surface area contributed by atoms with E-state index in [1.807, 2.05) is 11.0 Å². The fourth-order valence-corrected chi connectivity index (χ4v) is 4.08. The molecule has 1 amide bonds. The summed E-state index contributed by atoms with van der Waals surface area (Å²) in [6.45, 7) is 4.41. The monoisotopic (exact) mass is 314 g/mol. The summed E-state index contributed by atoms with van der Waals surface area (Å²) in [5.41, 5.74) is 0. The van der Waals surface area contributed by atoms with Crippen molar-refractivity contribution in [2.75, 3.05) is 45.1 Å². The number of carbonyl (C=O) groups is 1. The molecule has 20 heavy (non-hydrogen) atoms. The second-order valence-corrected chi connectivity index (χ2v) is 6.89. The molecule has 0 aromatic carbocycles. The lowest BCUT2D eigenvalue weighted by molar-refractivity contribution is -0.128. The molecule has 0 unspecified atom stereocenters. The van der Waals surface area contributed by atoms with Gasteiger partial charge in [-0.1, -0.05) is 6.07 Å². The Balaban J connectivity index is 1.69. The summed E-state index contributed by atoms with van der Waals surface area (Å²) >= 11 is 3.44. The summed E-state index contributed by atoms with van der Waals surface area (Å²) in [5.74, 6) is 1.74. The Morgan fingerprint density at radius 2 is 2.25 bits per heavy atom. The van der Waals surface area contributed by atoms with E-state index in [-0.39, 0.29) is 12.5 Å². The van der Waals surface area contributed by atoms with Crippen molar-refractivity contribution in [2.45, 2.75) is 12.2 Å². The number of hydrogen-bond donors (Lipinski definition) is 1. The first-order valence-electron chi connectivity index (χ1n) is 7.00. The third-order valence-electron chi connectivity index (χ3n) is 3.41. The number of nitrogens with zero attached hydrogens (tertiary/aromatic N) is 2. The van der Waals surface area contributed by atoms with Crippen LogP contribution < -0.4 is 0 Å². The molecule has 0 bridgehead atoms. The maximum atomic E-state index is 12.2. The van der Waals surface area contributed by atoms with Crippen molar-refractivity contribution in [1.82, 2.24) is 9.80 Å². The molecular weight excluding hydrogens is 292 g/mol. The molecule has 1 fully saturated rings. The normalized spacial score (nSPS) is 17.1. The molecule has 2 heterocycles. The first kappa shape index (κ1) is 15.8. The van der Waals surface area contributed by atoms with E-state index in [0.717, 1.165) is 44.9 Å². The van der Waals surface area contributed by atoms with Gasteiger partial charge < -0.3 is 10.0 Å². The minimum absolute atomic E-state index is 0.199. The highest BCUT2D eigenvalue weighted by atomic mass is 32.2. The van der Waals surface area contributed by atoms with E-state index in [1.165, 1.54) is 4.88 Å². The molecule has 2 rings (SSSR count). The van der Waals surface area contributed by atoms with E-state index in [2.05, 4.69) is 16.3 Å². The summed E-state index contributed by atoms with van der Waals surface area (Å²) in [5, 5.41) is 11.0. The van der Waals surface area contributed by atoms with Crippen molar-refractivity contribution in [3.8, 4) is 0 Å². The van der Waals surface area contributed by atoms with Crippen LogP contribution in [0, 0.1) is 0 Å². The Bertz CT molecular complexity index is 398. The number of rotatable bonds is 6. The lowest BCUT2D eigenvalue weighted by atomic mass is 10.4. The van der Waals surface area contributed by atoms with Crippen LogP contribution in [0.15, 0.2) is 17.5 Å². The molecule has 1 aliphatic heterocycles. The van der Waals surface area contributed by atoms with E-state index < -0.39 is 0 Å². The summed E-state index contributed by atoms with van der Waals surface area (Å²) in [4.78, 5) is 17.7. The van der Waals surface area contributed by atoms with Crippen molar-refractivity contribution in [1.29, 1.82) is 0 Å². The van der Waals surface area contributed by atoms with Crippen molar-refractivity contribution < 1.29 is 9.90 Å². The van der Waals surface area contributed by atoms with E-state index in [1.54, 1.807) is 23.1 Å². The molecule has 4 nitrogen and oxygen atoms in total. The molecule has 112 valence electrons. The van der Waals surface area contributed by atoms with Gasteiger partial charge in [-0.2, -0.15) is 0 Å². The number of β-amino-alcohol motifs (C(OH)–C–C–N with tert-alkyl or cyclic N) is 1. The summed E-state index contributed by atoms with van der Waals surface area (Å²) < 4.78 is 0. The van der Waals surface area contributed by atoms with Gasteiger partial charge in [0.25, 0.3) is 0 Å². The highest BCUT2D eigenvalue weighted by Gasteiger charge is 2.18. The van der Waals surface area contributed by atoms with E-state index in [9.17, 15) is 4.79 Å². The van der Waals surface area contributed by atoms with Crippen LogP contribution in [0.25, 0.3) is 0 Å². The van der Waals surface area contributed by atoms with Gasteiger partial charge in [-0.25, -0.2) is 0 Å². The van der Waals surface area contributed by atoms with Crippen LogP contribution in [0.1, 0.15) is 11.3 Å². The number of hydrogen-bond acceptors (Lipinski definition) is 5. The van der Waals surface area contributed by atoms with Gasteiger partial charge in [0.15, 0.2) is 0 Å². The van der Waals surface area contributed by atoms with Gasteiger partial charge in [0, 0.05) is 36.8 Å². The minimum atomic E-state index is 0.199. The first-order chi connectivity index (χ1) is 9.79. The van der Waals surface area contributed by atoms with Crippen LogP contribution in [-0.4, -0.2) is 65.9 Å². The fourth-order valence-electron chi connectivity index (χ4n) is 2.31. The first-order valence-corrected chi connectivity index (χ1v) is 9.04. The molecule has 0 atom stereocenters. The lowest BCUT2D eigenvalue weighted by Gasteiger charge is -2.21. The van der Waals surface area contributed by atoms with E-state index in [0.29, 0.717) is 5.75 Å². The maximum Gasteiger partial charge on any atom is 0.232 e. The van der Waals surface area contributed by atoms with Crippen molar-refractivity contribution in [3.63, 3.8) is 0 Å². The third-order valence-corrected chi connectivity index (χ3v) is 5.43. The topological polar surface area (TPSA) is 43.8 Å². The molecule has 1 saturated heterocycles. The zero-order valence-corrected chi connectivity index (χ0v) is 13.3. The van der Waals surface area contributed by atoms with Gasteiger partial charge in [0.2, 0.25) is 5.91 Å². The van der Waals surface area contributed by atoms with Crippen LogP contribution >= 0.6 is 23.1 Å². The van der Waals surface area contributed by atoms with Gasteiger partial charge >= 0.3 is 0 Å². The largest absolute Gasteiger partial charge is 0.395 e. The summed E-state index contributed by atoms with van der Waals surface area (Å²) in [6, 6.07) is 4.16. The third kappa shape index (κ3) is 5.09. The molecular formula is C14H22N2O2S2. The molecule has 1 aromatic rings. The average Bonchev–Trinajstić information content (AvgIpc) is 2.84. The molecule has 6 heteroatoms. The van der Waals surface area contributed by atoms with E-state index in [4.69, 9.17) is 5.11 Å². The Morgan fingerprint density at radius 1 is 1.35 bits per heavy atom. The zero-order valence-electron chi connectivity index (χ0n) is 11.7. The van der Waals surface area contributed by atoms with Crippen LogP contribution in [-0.2, 0) is 10.5 Å². The summed E-state index contributed by atoms with van der Waals surface area (Å²) in [6.07, 6.45) is 1.00. The number of aliphatic hydroxyl groups excluding tert-OH is 1. The highest BCUT2D eigenvalue weighted by molar-refractivity contribution is 7.99. The summed E-state index contributed by atoms with van der Waals surface area (Å²) in [7, 11) is 0. The van der Waals surface area contributed by atoms with Gasteiger partial charge in [0.05, 0.1) is 12.4 Å². The van der Waals surface area contributed by atoms with Crippen molar-refractivity contribution in [2.24, 2.45) is 0 Å². The molecule has 1 N–H and O–H groups in total. The van der Waals surface area contributed by atoms with Crippen LogP contribution in [0.3, 0.4) is 0 Å². The Kier molecular flexibility index (Phi) is 6.86. The minimum Gasteiger partial charge on any atom is -0.395 e. The van der Waals surface area contributed by atoms with E-state index >= 15 is 0 Å². The molecule has 0 aliphatic carbocycles. The Labute approximate surface area is 128 Å². The molecule has 0 spiro atoms. The number of carbonyl (C=O) groups excluding carboxylic acids is 1. The second kappa shape index (κ2) is 8.67. The lowest BCUT2D eigenvalue weighted by Crippen LogP contribution is -2.36. The maximum absolute atomic E-state index is 12.2. The molecule has 1 aliphatic rings. The Morgan fingerprint density at radius 3 is 3.00 bits per heavy atom. The standard InChI is InChI=1S/C14H22N2O2S2/c17-9-8-15-4-2-5-16(7-6-15)14(18)12-19-11-13-3-1-10-20-13/h1,3,10,17H,2,4-9,11-12H2. The highest BCUT2D eigenvalue weighted by Crippen LogP contribution is 2.17. The molecule has 0 radical (unpaired) electrons. The van der Waals surface area contributed by atoms with Crippen LogP contribution in [0.4, 0.5) is 0 Å². The quantitative estimate of drug-likeness (QED) is 0.864. The zero-order chi connectivity index (χ0) is 14.2. The molecule has 1 aromatic heterocycles. The number of aliphatic hydroxyl groups is 1. The predicted molar refractivity (Wildman–Crippen MR) is 85.2 cm³/mol. The predicted octanol–water partition coefficient (Wildman–Crippen LogP) is 1.51. The number of thioether (sulfide) groups is 1. The number of thiophene rings is 1.